The molecule has 1 unspecified atom stereocenters. The molecule has 2 N–H and O–H groups in total. The topological polar surface area (TPSA) is 46.7 Å². The van der Waals surface area contributed by atoms with Crippen LogP contribution in [-0.2, 0) is 12.0 Å². The van der Waals surface area contributed by atoms with E-state index in [9.17, 15) is 5.11 Å². The highest BCUT2D eigenvalue weighted by atomic mass is 35.5. The molecule has 1 fully saturated rings. The fraction of sp³-hybridized carbons (Fsp3) is 0.568. The van der Waals surface area contributed by atoms with Gasteiger partial charge < -0.3 is 15.1 Å². The summed E-state index contributed by atoms with van der Waals surface area (Å²) in [6.45, 7) is 13.2. The molecule has 0 spiro atoms. The van der Waals surface area contributed by atoms with Gasteiger partial charge in [0.2, 0.25) is 0 Å². The average Bonchev–Trinajstić information content (AvgIpc) is 3.31. The molecule has 0 amide bonds. The highest BCUT2D eigenvalue weighted by Gasteiger charge is 2.46. The van der Waals surface area contributed by atoms with Crippen molar-refractivity contribution in [3.05, 3.63) is 105 Å². The molecule has 5 rings (SSSR count). The number of aliphatic hydroxyl groups excluding tert-OH is 2. The van der Waals surface area contributed by atoms with Gasteiger partial charge in [-0.25, -0.2) is 4.58 Å². The van der Waals surface area contributed by atoms with E-state index in [0.29, 0.717) is 12.5 Å². The van der Waals surface area contributed by atoms with Crippen molar-refractivity contribution in [3.8, 4) is 0 Å². The van der Waals surface area contributed by atoms with Crippen LogP contribution in [0.5, 0.6) is 0 Å². The second-order valence-corrected chi connectivity index (χ2v) is 16.0. The lowest BCUT2D eigenvalue weighted by atomic mass is 9.75. The fourth-order valence-corrected chi connectivity index (χ4v) is 8.95. The van der Waals surface area contributed by atoms with Crippen LogP contribution in [0.1, 0.15) is 122 Å². The third-order valence-corrected chi connectivity index (χ3v) is 12.0. The van der Waals surface area contributed by atoms with Gasteiger partial charge in [0.25, 0.3) is 0 Å². The van der Waals surface area contributed by atoms with Gasteiger partial charge in [-0.3, -0.25) is 0 Å². The minimum absolute atomic E-state index is 0.0547. The number of hydrogen-bond donors (Lipinski definition) is 2. The number of nitrogens with zero attached hydrogens (tertiary/aromatic N) is 2. The minimum atomic E-state index is -0.0993. The van der Waals surface area contributed by atoms with Crippen LogP contribution in [0.25, 0.3) is 0 Å². The highest BCUT2D eigenvalue weighted by molar-refractivity contribution is 6.32. The molecule has 49 heavy (non-hydrogen) atoms. The Morgan fingerprint density at radius 3 is 2.37 bits per heavy atom. The summed E-state index contributed by atoms with van der Waals surface area (Å²) in [4.78, 5) is 2.61. The van der Waals surface area contributed by atoms with Gasteiger partial charge in [0.1, 0.15) is 6.54 Å². The maximum atomic E-state index is 9.24. The first-order valence-electron chi connectivity index (χ1n) is 19.2. The molecule has 0 aromatic heterocycles. The first kappa shape index (κ1) is 37.6. The van der Waals surface area contributed by atoms with Crippen LogP contribution < -0.4 is 0 Å². The fourth-order valence-electron chi connectivity index (χ4n) is 8.63. The molecule has 0 bridgehead atoms. The van der Waals surface area contributed by atoms with Crippen molar-refractivity contribution in [2.75, 3.05) is 26.3 Å². The maximum absolute atomic E-state index is 9.24. The van der Waals surface area contributed by atoms with Crippen molar-refractivity contribution in [1.82, 2.24) is 4.90 Å². The lowest BCUT2D eigenvalue weighted by Gasteiger charge is -2.31. The molecule has 2 aliphatic carbocycles. The molecule has 2 aliphatic heterocycles. The smallest absolute Gasteiger partial charge is 0.186 e. The highest BCUT2D eigenvalue weighted by Crippen LogP contribution is 2.53. The first-order valence-corrected chi connectivity index (χ1v) is 19.6. The van der Waals surface area contributed by atoms with E-state index in [1.165, 1.54) is 52.2 Å². The molecule has 1 aromatic carbocycles. The third kappa shape index (κ3) is 8.81. The number of likely N-dealkylation sites (tertiary alicyclic amines) is 1. The van der Waals surface area contributed by atoms with Crippen molar-refractivity contribution >= 4 is 17.3 Å². The number of unbranched alkanes of at least 4 members (excludes halogenated alkanes) is 7. The number of halogens is 1. The third-order valence-electron chi connectivity index (χ3n) is 11.5. The minimum Gasteiger partial charge on any atom is -0.396 e. The summed E-state index contributed by atoms with van der Waals surface area (Å²) in [7, 11) is 0. The molecular formula is C44H62ClN2O2+. The van der Waals surface area contributed by atoms with Gasteiger partial charge >= 0.3 is 0 Å². The van der Waals surface area contributed by atoms with E-state index in [-0.39, 0.29) is 17.4 Å². The lowest BCUT2D eigenvalue weighted by molar-refractivity contribution is -0.548. The van der Waals surface area contributed by atoms with Crippen LogP contribution in [0.4, 0.5) is 0 Å². The molecular weight excluding hydrogens is 624 g/mol. The van der Waals surface area contributed by atoms with Crippen molar-refractivity contribution in [3.63, 3.8) is 0 Å². The number of aliphatic hydroxyl groups is 2. The van der Waals surface area contributed by atoms with E-state index in [1.54, 1.807) is 0 Å². The molecule has 266 valence electrons. The number of rotatable bonds is 16. The van der Waals surface area contributed by atoms with Gasteiger partial charge in [-0.1, -0.05) is 99.7 Å². The first-order chi connectivity index (χ1) is 23.7. The normalized spacial score (nSPS) is 23.2. The van der Waals surface area contributed by atoms with Gasteiger partial charge in [0.05, 0.1) is 5.41 Å². The van der Waals surface area contributed by atoms with Crippen LogP contribution in [-0.4, -0.2) is 51.7 Å². The Balaban J connectivity index is 1.40. The van der Waals surface area contributed by atoms with E-state index in [1.807, 2.05) is 0 Å². The number of fused-ring (bicyclic) bond motifs is 2. The van der Waals surface area contributed by atoms with Crippen molar-refractivity contribution < 1.29 is 14.8 Å². The quantitative estimate of drug-likeness (QED) is 0.134. The van der Waals surface area contributed by atoms with E-state index in [4.69, 9.17) is 16.7 Å². The zero-order chi connectivity index (χ0) is 34.9. The van der Waals surface area contributed by atoms with E-state index in [2.05, 4.69) is 104 Å². The molecule has 0 radical (unpaired) electrons. The molecule has 1 aromatic rings. The van der Waals surface area contributed by atoms with Crippen LogP contribution in [0.15, 0.2) is 94.4 Å². The molecule has 1 atom stereocenters. The Kier molecular flexibility index (Phi) is 13.4. The molecule has 1 saturated heterocycles. The summed E-state index contributed by atoms with van der Waals surface area (Å²) < 4.78 is 2.59. The van der Waals surface area contributed by atoms with Gasteiger partial charge in [0.15, 0.2) is 12.3 Å². The van der Waals surface area contributed by atoms with Crippen LogP contribution >= 0.6 is 11.6 Å². The molecule has 2 heterocycles. The summed E-state index contributed by atoms with van der Waals surface area (Å²) in [5.41, 5.74) is 9.54. The standard InChI is InChI=1S/C44H62ClN2O2/c1-43(2)37-22-11-10-19-36(37)33-46(29-14-7-9-17-32-49)40(43)27-25-34-20-18-21-35(42(34)45)26-28-41-44(3,4)38-23-12-13-24-39(38)47(41)30-15-6-5-8-16-31-48/h10-13,19,22,24-28,38,48-49H,5-9,14-18,20-21,23,29-33H2,1-4H3/q+1. The van der Waals surface area contributed by atoms with Gasteiger partial charge in [-0.15, -0.1) is 0 Å². The number of hydrogen-bond acceptors (Lipinski definition) is 3. The van der Waals surface area contributed by atoms with Gasteiger partial charge in [-0.2, -0.15) is 0 Å². The summed E-state index contributed by atoms with van der Waals surface area (Å²) in [5.74, 6) is 0.506. The summed E-state index contributed by atoms with van der Waals surface area (Å²) in [5, 5.41) is 19.3. The Hall–Kier alpha value is -2.66. The average molecular weight is 686 g/mol. The Labute approximate surface area is 302 Å². The second-order valence-electron chi connectivity index (χ2n) is 15.7. The zero-order valence-corrected chi connectivity index (χ0v) is 31.6. The largest absolute Gasteiger partial charge is 0.396 e. The molecule has 4 aliphatic rings. The lowest BCUT2D eigenvalue weighted by Crippen LogP contribution is -2.41. The number of benzene rings is 1. The SMILES string of the molecule is CC1(C)C(C=CC2=C(Cl)C(=CC=C3N(CCCCCCCO)C4=CC=CCC4C3(C)C)CCC2)=[N+](CCCCCCO)Cc2ccccc21. The van der Waals surface area contributed by atoms with Crippen LogP contribution in [0.2, 0.25) is 0 Å². The van der Waals surface area contributed by atoms with Gasteiger partial charge in [-0.05, 0) is 94.1 Å². The Morgan fingerprint density at radius 2 is 1.59 bits per heavy atom. The van der Waals surface area contributed by atoms with Crippen LogP contribution in [0, 0.1) is 11.3 Å². The van der Waals surface area contributed by atoms with Crippen molar-refractivity contribution in [1.29, 1.82) is 0 Å². The Bertz CT molecular complexity index is 1520. The summed E-state index contributed by atoms with van der Waals surface area (Å²) >= 11 is 7.28. The Morgan fingerprint density at radius 1 is 0.878 bits per heavy atom. The van der Waals surface area contributed by atoms with E-state index >= 15 is 0 Å². The predicted octanol–water partition coefficient (Wildman–Crippen LogP) is 10.3. The second kappa shape index (κ2) is 17.5. The number of allylic oxidation sites excluding steroid dienone is 12. The van der Waals surface area contributed by atoms with Crippen molar-refractivity contribution in [2.24, 2.45) is 11.3 Å². The zero-order valence-electron chi connectivity index (χ0n) is 30.8. The van der Waals surface area contributed by atoms with E-state index < -0.39 is 0 Å². The van der Waals surface area contributed by atoms with E-state index in [0.717, 1.165) is 95.3 Å². The molecule has 5 heteroatoms. The molecule has 0 saturated carbocycles. The summed E-state index contributed by atoms with van der Waals surface area (Å²) in [6.07, 6.45) is 30.3. The van der Waals surface area contributed by atoms with Crippen LogP contribution in [0.3, 0.4) is 0 Å². The summed E-state index contributed by atoms with van der Waals surface area (Å²) in [6, 6.07) is 8.93. The molecule has 4 nitrogen and oxygen atoms in total. The van der Waals surface area contributed by atoms with Crippen molar-refractivity contribution in [2.45, 2.75) is 123 Å². The predicted molar refractivity (Wildman–Crippen MR) is 207 cm³/mol. The van der Waals surface area contributed by atoms with Gasteiger partial charge in [0, 0.05) is 65.6 Å². The maximum Gasteiger partial charge on any atom is 0.186 e. The monoisotopic (exact) mass is 685 g/mol.